The number of nitrogens with zero attached hydrogens (tertiary/aromatic N) is 2. The van der Waals surface area contributed by atoms with Crippen molar-refractivity contribution in [2.75, 3.05) is 12.8 Å². The van der Waals surface area contributed by atoms with E-state index in [-0.39, 0.29) is 21.5 Å². The SMILES string of the molecule is COC(=O)N(C(=O)c1cc(Oc2ccc(C(F)(F)F)cc2Cl)ccc1[N+](=O)[O-])S(=O)(=O)c1ccc(N)cc1. The number of nitro groups is 1. The number of rotatable bonds is 6. The van der Waals surface area contributed by atoms with Crippen LogP contribution in [-0.2, 0) is 20.9 Å². The van der Waals surface area contributed by atoms with Gasteiger partial charge in [0.05, 0.1) is 27.5 Å². The fourth-order valence-electron chi connectivity index (χ4n) is 3.02. The van der Waals surface area contributed by atoms with Crippen LogP contribution in [0.4, 0.5) is 29.3 Å². The number of anilines is 1. The molecule has 0 aliphatic rings. The van der Waals surface area contributed by atoms with Crippen LogP contribution in [0.15, 0.2) is 65.6 Å². The van der Waals surface area contributed by atoms with Crippen LogP contribution in [0.3, 0.4) is 0 Å². The summed E-state index contributed by atoms with van der Waals surface area (Å²) in [6.07, 6.45) is -6.37. The van der Waals surface area contributed by atoms with Crippen molar-refractivity contribution in [3.05, 3.63) is 86.9 Å². The molecule has 0 aromatic heterocycles. The van der Waals surface area contributed by atoms with Gasteiger partial charge in [-0.15, -0.1) is 4.31 Å². The molecule has 0 bridgehead atoms. The van der Waals surface area contributed by atoms with Gasteiger partial charge in [0.2, 0.25) is 0 Å². The predicted octanol–water partition coefficient (Wildman–Crippen LogP) is 5.24. The number of carbonyl (C=O) groups is 2. The van der Waals surface area contributed by atoms with Crippen LogP contribution in [0.25, 0.3) is 0 Å². The summed E-state index contributed by atoms with van der Waals surface area (Å²) in [6, 6.07) is 8.94. The fourth-order valence-corrected chi connectivity index (χ4v) is 4.52. The number of alkyl halides is 3. The second kappa shape index (κ2) is 10.5. The number of hydrogen-bond acceptors (Lipinski definition) is 9. The zero-order valence-electron chi connectivity index (χ0n) is 18.9. The minimum atomic E-state index is -4.95. The van der Waals surface area contributed by atoms with Crippen LogP contribution >= 0.6 is 11.6 Å². The molecule has 11 nitrogen and oxygen atoms in total. The Hall–Kier alpha value is -4.37. The first-order chi connectivity index (χ1) is 17.7. The first kappa shape index (κ1) is 28.2. The van der Waals surface area contributed by atoms with Crippen LogP contribution < -0.4 is 10.5 Å². The molecule has 2 N–H and O–H groups in total. The number of amides is 2. The third kappa shape index (κ3) is 5.78. The van der Waals surface area contributed by atoms with E-state index in [2.05, 4.69) is 4.74 Å². The molecule has 0 aliphatic carbocycles. The molecule has 0 heterocycles. The molecular weight excluding hydrogens is 559 g/mol. The van der Waals surface area contributed by atoms with Crippen LogP contribution in [0.2, 0.25) is 5.02 Å². The van der Waals surface area contributed by atoms with Crippen LogP contribution in [0, 0.1) is 10.1 Å². The molecule has 38 heavy (non-hydrogen) atoms. The second-order valence-electron chi connectivity index (χ2n) is 7.29. The highest BCUT2D eigenvalue weighted by atomic mass is 35.5. The van der Waals surface area contributed by atoms with E-state index >= 15 is 0 Å². The number of nitrogen functional groups attached to an aromatic ring is 1. The Morgan fingerprint density at radius 2 is 1.68 bits per heavy atom. The molecule has 0 fully saturated rings. The fraction of sp³-hybridized carbons (Fsp3) is 0.0909. The Labute approximate surface area is 217 Å². The highest BCUT2D eigenvalue weighted by Crippen LogP contribution is 2.37. The zero-order chi connectivity index (χ0) is 28.4. The van der Waals surface area contributed by atoms with Gasteiger partial charge in [-0.1, -0.05) is 11.6 Å². The minimum absolute atomic E-state index is 0.169. The molecule has 3 aromatic rings. The lowest BCUT2D eigenvalue weighted by atomic mass is 10.1. The number of sulfonamides is 1. The van der Waals surface area contributed by atoms with Crippen molar-refractivity contribution < 1.29 is 45.6 Å². The monoisotopic (exact) mass is 573 g/mol. The average Bonchev–Trinajstić information content (AvgIpc) is 2.84. The van der Waals surface area contributed by atoms with Gasteiger partial charge in [0.15, 0.2) is 0 Å². The summed E-state index contributed by atoms with van der Waals surface area (Å²) in [4.78, 5) is 35.7. The number of carbonyl (C=O) groups excluding carboxylic acids is 2. The van der Waals surface area contributed by atoms with Crippen LogP contribution in [0.1, 0.15) is 15.9 Å². The van der Waals surface area contributed by atoms with Gasteiger partial charge < -0.3 is 15.2 Å². The lowest BCUT2D eigenvalue weighted by molar-refractivity contribution is -0.385. The van der Waals surface area contributed by atoms with Crippen molar-refractivity contribution in [1.29, 1.82) is 0 Å². The zero-order valence-corrected chi connectivity index (χ0v) is 20.5. The molecule has 200 valence electrons. The van der Waals surface area contributed by atoms with Crippen LogP contribution in [0.5, 0.6) is 11.5 Å². The van der Waals surface area contributed by atoms with E-state index in [0.717, 1.165) is 43.5 Å². The van der Waals surface area contributed by atoms with Gasteiger partial charge in [-0.05, 0) is 48.5 Å². The Balaban J connectivity index is 2.09. The normalized spacial score (nSPS) is 11.5. The van der Waals surface area contributed by atoms with Crippen molar-refractivity contribution in [3.63, 3.8) is 0 Å². The third-order valence-corrected chi connectivity index (χ3v) is 6.78. The number of benzene rings is 3. The average molecular weight is 574 g/mol. The van der Waals surface area contributed by atoms with Crippen molar-refractivity contribution in [2.24, 2.45) is 0 Å². The van der Waals surface area contributed by atoms with E-state index in [0.29, 0.717) is 12.1 Å². The van der Waals surface area contributed by atoms with Crippen molar-refractivity contribution in [3.8, 4) is 11.5 Å². The maximum absolute atomic E-state index is 13.3. The maximum Gasteiger partial charge on any atom is 0.431 e. The molecule has 3 aromatic carbocycles. The van der Waals surface area contributed by atoms with Gasteiger partial charge in [-0.3, -0.25) is 14.9 Å². The summed E-state index contributed by atoms with van der Waals surface area (Å²) in [5.74, 6) is -2.34. The second-order valence-corrected chi connectivity index (χ2v) is 9.49. The number of nitrogens with two attached hydrogens (primary N) is 1. The molecule has 0 saturated carbocycles. The molecule has 2 amide bonds. The summed E-state index contributed by atoms with van der Waals surface area (Å²) in [5, 5.41) is 11.1. The third-order valence-electron chi connectivity index (χ3n) is 4.83. The maximum atomic E-state index is 13.3. The Morgan fingerprint density at radius 1 is 1.05 bits per heavy atom. The molecule has 0 saturated heterocycles. The Morgan fingerprint density at radius 3 is 2.21 bits per heavy atom. The number of nitro benzene ring substituents is 1. The number of hydrogen-bond donors (Lipinski definition) is 1. The minimum Gasteiger partial charge on any atom is -0.456 e. The van der Waals surface area contributed by atoms with E-state index in [1.165, 1.54) is 12.1 Å². The number of methoxy groups -OCH3 is 1. The molecule has 0 radical (unpaired) electrons. The van der Waals surface area contributed by atoms with Gasteiger partial charge in [0.1, 0.15) is 17.1 Å². The summed E-state index contributed by atoms with van der Waals surface area (Å²) in [7, 11) is -4.17. The molecule has 0 spiro atoms. The van der Waals surface area contributed by atoms with E-state index in [4.69, 9.17) is 22.1 Å². The summed E-state index contributed by atoms with van der Waals surface area (Å²) in [5.41, 5.74) is 2.80. The van der Waals surface area contributed by atoms with Gasteiger partial charge in [0.25, 0.3) is 21.6 Å². The molecular formula is C22H15ClF3N3O8S. The van der Waals surface area contributed by atoms with Crippen molar-refractivity contribution in [1.82, 2.24) is 4.31 Å². The highest BCUT2D eigenvalue weighted by Gasteiger charge is 2.40. The van der Waals surface area contributed by atoms with E-state index in [1.807, 2.05) is 0 Å². The topological polar surface area (TPSA) is 159 Å². The van der Waals surface area contributed by atoms with E-state index < -0.39 is 59.9 Å². The highest BCUT2D eigenvalue weighted by molar-refractivity contribution is 7.90. The Kier molecular flexibility index (Phi) is 7.83. The molecule has 3 rings (SSSR count). The van der Waals surface area contributed by atoms with Gasteiger partial charge in [0, 0.05) is 17.8 Å². The van der Waals surface area contributed by atoms with Gasteiger partial charge in [-0.25, -0.2) is 13.2 Å². The standard InChI is InChI=1S/C22H15ClF3N3O8S/c1-36-21(31)28(38(34,35)15-6-3-13(27)4-7-15)20(30)16-11-14(5-8-18(16)29(32)33)37-19-9-2-12(10-17(19)23)22(24,25)26/h2-11H,27H2,1H3. The first-order valence-electron chi connectivity index (χ1n) is 10.0. The Bertz CT molecular complexity index is 1530. The predicted molar refractivity (Wildman–Crippen MR) is 126 cm³/mol. The largest absolute Gasteiger partial charge is 0.456 e. The molecule has 0 unspecified atom stereocenters. The van der Waals surface area contributed by atoms with E-state index in [9.17, 15) is 41.3 Å². The molecule has 16 heteroatoms. The van der Waals surface area contributed by atoms with Gasteiger partial charge >= 0.3 is 12.3 Å². The number of imide groups is 1. The molecule has 0 aliphatic heterocycles. The summed E-state index contributed by atoms with van der Waals surface area (Å²) in [6.45, 7) is 0. The van der Waals surface area contributed by atoms with Crippen LogP contribution in [-0.4, -0.2) is 36.8 Å². The van der Waals surface area contributed by atoms with Crippen molar-refractivity contribution in [2.45, 2.75) is 11.1 Å². The summed E-state index contributed by atoms with van der Waals surface area (Å²) >= 11 is 5.86. The smallest absolute Gasteiger partial charge is 0.431 e. The lowest BCUT2D eigenvalue weighted by Crippen LogP contribution is -2.42. The van der Waals surface area contributed by atoms with Gasteiger partial charge in [-0.2, -0.15) is 13.2 Å². The quantitative estimate of drug-likeness (QED) is 0.236. The summed E-state index contributed by atoms with van der Waals surface area (Å²) < 4.78 is 74.4. The van der Waals surface area contributed by atoms with E-state index in [1.54, 1.807) is 0 Å². The van der Waals surface area contributed by atoms with Crippen molar-refractivity contribution >= 4 is 45.0 Å². The number of halogens is 4. The molecule has 0 atom stereocenters. The first-order valence-corrected chi connectivity index (χ1v) is 11.8. The number of ether oxygens (including phenoxy) is 2. The lowest BCUT2D eigenvalue weighted by Gasteiger charge is -2.20.